The number of amides is 3. The predicted molar refractivity (Wildman–Crippen MR) is 365 cm³/mol. The molecule has 0 radical (unpaired) electrons. The van der Waals surface area contributed by atoms with Gasteiger partial charge in [-0.2, -0.15) is 0 Å². The number of aromatic nitrogens is 3. The highest BCUT2D eigenvalue weighted by Crippen LogP contribution is 2.36. The van der Waals surface area contributed by atoms with E-state index in [1.54, 1.807) is 36.4 Å². The Bertz CT molecular complexity index is 3620. The standard InChI is InChI=1S/C73H88N12O6/c1-4-58-55(52-19-7-10-22-61(52)83-58)43-64(86)71(77,37-13-16-40-74)68(89)80-49-31-25-46(26-32-49)67(47-27-33-50(34-28-47)81-69(90)72(78,38-14-17-41-75)65(87)44-56-53-20-8-11-23-62(53)84-59(56)5-2)48-29-35-51(36-30-48)82-70(91)73(79,39-15-18-42-76)66(88)45-57-54-21-9-12-24-63(54)85-60(57)6-3/h7-12,19-36,67,83-85H,4-6,13-18,37-45,74-79H2,1-3H3,(H,80,89)(H,81,90)(H,82,91)/t71-,72-,73-/m0/s1. The Morgan fingerprint density at radius 3 is 0.868 bits per heavy atom. The molecule has 3 heterocycles. The molecule has 0 spiro atoms. The number of unbranched alkanes of at least 4 members (excludes halogenated alkanes) is 3. The minimum Gasteiger partial charge on any atom is -0.358 e. The first-order chi connectivity index (χ1) is 43.9. The quantitative estimate of drug-likeness (QED) is 0.0104. The zero-order valence-electron chi connectivity index (χ0n) is 52.6. The molecule has 0 aliphatic rings. The van der Waals surface area contributed by atoms with Gasteiger partial charge in [0.2, 0.25) is 0 Å². The second-order valence-electron chi connectivity index (χ2n) is 24.1. The molecule has 9 aromatic rings. The zero-order valence-corrected chi connectivity index (χ0v) is 52.6. The molecule has 18 N–H and O–H groups in total. The average Bonchev–Trinajstić information content (AvgIpc) is 1.80. The molecular formula is C73H88N12O6. The number of rotatable bonds is 33. The summed E-state index contributed by atoms with van der Waals surface area (Å²) in [5.41, 5.74) is 44.4. The van der Waals surface area contributed by atoms with Gasteiger partial charge < -0.3 is 65.3 Å². The molecule has 3 atom stereocenters. The average molecular weight is 1230 g/mol. The van der Waals surface area contributed by atoms with Crippen molar-refractivity contribution in [2.45, 2.75) is 140 Å². The molecule has 0 unspecified atom stereocenters. The largest absolute Gasteiger partial charge is 0.358 e. The third-order valence-corrected chi connectivity index (χ3v) is 18.1. The molecule has 9 rings (SSSR count). The van der Waals surface area contributed by atoms with Crippen LogP contribution in [0.15, 0.2) is 146 Å². The van der Waals surface area contributed by atoms with Gasteiger partial charge in [-0.1, -0.05) is 112 Å². The first-order valence-corrected chi connectivity index (χ1v) is 32.0. The van der Waals surface area contributed by atoms with Gasteiger partial charge >= 0.3 is 0 Å². The van der Waals surface area contributed by atoms with Crippen LogP contribution in [0.5, 0.6) is 0 Å². The van der Waals surface area contributed by atoms with Crippen LogP contribution in [-0.2, 0) is 67.3 Å². The summed E-state index contributed by atoms with van der Waals surface area (Å²) in [5.74, 6) is -3.61. The fourth-order valence-electron chi connectivity index (χ4n) is 12.6. The van der Waals surface area contributed by atoms with E-state index in [1.807, 2.05) is 130 Å². The molecule has 476 valence electrons. The molecule has 6 aromatic carbocycles. The normalized spacial score (nSPS) is 13.6. The van der Waals surface area contributed by atoms with E-state index < -0.39 is 57.6 Å². The SMILES string of the molecule is CCc1[nH]c2ccccc2c1CC(=O)[C@@](N)(CCCCN)C(=O)Nc1ccc(C(c2ccc(NC(=O)[C@](N)(CCCCN)C(=O)Cc3c(CC)[nH]c4ccccc34)cc2)c2ccc(NC(=O)[C@](N)(CCCCN)C(=O)Cc3c(CC)[nH]c4ccccc34)cc2)cc1. The minimum absolute atomic E-state index is 0.0391. The lowest BCUT2D eigenvalue weighted by Gasteiger charge is -2.28. The van der Waals surface area contributed by atoms with Crippen LogP contribution in [0.25, 0.3) is 32.7 Å². The number of hydrogen-bond donors (Lipinski definition) is 12. The number of H-pyrrole nitrogens is 3. The number of para-hydroxylation sites is 3. The van der Waals surface area contributed by atoms with E-state index in [-0.39, 0.29) is 38.5 Å². The van der Waals surface area contributed by atoms with Crippen LogP contribution in [0.3, 0.4) is 0 Å². The number of carbonyl (C=O) groups is 6. The molecule has 18 heteroatoms. The molecular weight excluding hydrogens is 1140 g/mol. The summed E-state index contributed by atoms with van der Waals surface area (Å²) in [6, 6.07) is 45.1. The van der Waals surface area contributed by atoms with Crippen LogP contribution < -0.4 is 50.4 Å². The van der Waals surface area contributed by atoms with E-state index in [0.29, 0.717) is 94.5 Å². The number of hydrogen-bond acceptors (Lipinski definition) is 12. The summed E-state index contributed by atoms with van der Waals surface area (Å²) in [7, 11) is 0. The molecule has 3 aromatic heterocycles. The fraction of sp³-hybridized carbons (Fsp3) is 0.342. The highest BCUT2D eigenvalue weighted by molar-refractivity contribution is 6.18. The van der Waals surface area contributed by atoms with Crippen LogP contribution in [0, 0.1) is 0 Å². The first-order valence-electron chi connectivity index (χ1n) is 32.0. The smallest absolute Gasteiger partial charge is 0.252 e. The Labute approximate surface area is 531 Å². The molecule has 91 heavy (non-hydrogen) atoms. The maximum Gasteiger partial charge on any atom is 0.252 e. The van der Waals surface area contributed by atoms with E-state index in [2.05, 4.69) is 30.9 Å². The Hall–Kier alpha value is -8.88. The first kappa shape index (κ1) is 66.5. The number of benzene rings is 6. The number of fused-ring (bicyclic) bond motifs is 3. The van der Waals surface area contributed by atoms with Gasteiger partial charge in [-0.05, 0) is 185 Å². The number of carbonyl (C=O) groups excluding carboxylic acids is 6. The Morgan fingerprint density at radius 2 is 0.626 bits per heavy atom. The number of aryl methyl sites for hydroxylation is 3. The highest BCUT2D eigenvalue weighted by Gasteiger charge is 2.44. The molecule has 0 bridgehead atoms. The van der Waals surface area contributed by atoms with Crippen molar-refractivity contribution >= 4 is 84.8 Å². The van der Waals surface area contributed by atoms with Crippen LogP contribution in [0.2, 0.25) is 0 Å². The van der Waals surface area contributed by atoms with E-state index in [0.717, 1.165) is 83.2 Å². The van der Waals surface area contributed by atoms with Gasteiger partial charge in [-0.15, -0.1) is 0 Å². The number of Topliss-reactive ketones (excluding diaryl/α,β-unsaturated/α-hetero) is 3. The van der Waals surface area contributed by atoms with Crippen molar-refractivity contribution in [2.24, 2.45) is 34.4 Å². The van der Waals surface area contributed by atoms with E-state index in [1.165, 1.54) is 0 Å². The van der Waals surface area contributed by atoms with E-state index in [4.69, 9.17) is 34.4 Å². The number of nitrogens with two attached hydrogens (primary N) is 6. The van der Waals surface area contributed by atoms with Crippen molar-refractivity contribution in [3.63, 3.8) is 0 Å². The second-order valence-corrected chi connectivity index (χ2v) is 24.1. The van der Waals surface area contributed by atoms with Gasteiger partial charge in [0.05, 0.1) is 0 Å². The highest BCUT2D eigenvalue weighted by atomic mass is 16.2. The molecule has 0 fully saturated rings. The van der Waals surface area contributed by atoms with Gasteiger partial charge in [0.15, 0.2) is 34.0 Å². The van der Waals surface area contributed by atoms with Crippen LogP contribution >= 0.6 is 0 Å². The molecule has 0 saturated heterocycles. The van der Waals surface area contributed by atoms with E-state index in [9.17, 15) is 28.8 Å². The van der Waals surface area contributed by atoms with Gasteiger partial charge in [0, 0.05) is 92.0 Å². The minimum atomic E-state index is -1.87. The molecule has 18 nitrogen and oxygen atoms in total. The lowest BCUT2D eigenvalue weighted by molar-refractivity contribution is -0.134. The van der Waals surface area contributed by atoms with Crippen LogP contribution in [-0.4, -0.2) is 86.3 Å². The maximum absolute atomic E-state index is 14.5. The number of aromatic amines is 3. The summed E-state index contributed by atoms with van der Waals surface area (Å²) < 4.78 is 0. The summed E-state index contributed by atoms with van der Waals surface area (Å²) in [4.78, 5) is 97.2. The fourth-order valence-corrected chi connectivity index (χ4v) is 12.6. The van der Waals surface area contributed by atoms with Crippen molar-refractivity contribution < 1.29 is 28.8 Å². The van der Waals surface area contributed by atoms with Crippen molar-refractivity contribution in [3.8, 4) is 0 Å². The maximum atomic E-state index is 14.5. The van der Waals surface area contributed by atoms with Crippen molar-refractivity contribution in [2.75, 3.05) is 35.6 Å². The van der Waals surface area contributed by atoms with Crippen molar-refractivity contribution in [1.82, 2.24) is 15.0 Å². The van der Waals surface area contributed by atoms with Gasteiger partial charge in [-0.3, -0.25) is 28.8 Å². The Morgan fingerprint density at radius 1 is 0.374 bits per heavy atom. The summed E-state index contributed by atoms with van der Waals surface area (Å²) in [6.07, 6.45) is 5.25. The lowest BCUT2D eigenvalue weighted by atomic mass is 9.83. The monoisotopic (exact) mass is 1230 g/mol. The molecule has 0 saturated carbocycles. The summed E-state index contributed by atoms with van der Waals surface area (Å²) >= 11 is 0. The summed E-state index contributed by atoms with van der Waals surface area (Å²) in [5, 5.41) is 11.6. The number of ketones is 3. The predicted octanol–water partition coefficient (Wildman–Crippen LogP) is 9.73. The number of nitrogens with one attached hydrogen (secondary N) is 6. The van der Waals surface area contributed by atoms with Gasteiger partial charge in [0.1, 0.15) is 0 Å². The lowest BCUT2D eigenvalue weighted by Crippen LogP contribution is -2.58. The third-order valence-electron chi connectivity index (χ3n) is 18.1. The topological polar surface area (TPSA) is 342 Å². The van der Waals surface area contributed by atoms with Gasteiger partial charge in [0.25, 0.3) is 17.7 Å². The van der Waals surface area contributed by atoms with Crippen LogP contribution in [0.1, 0.15) is 135 Å². The molecule has 3 amide bonds. The zero-order chi connectivity index (χ0) is 64.9. The van der Waals surface area contributed by atoms with Crippen LogP contribution in [0.4, 0.5) is 17.1 Å². The Balaban J connectivity index is 1.00. The summed E-state index contributed by atoms with van der Waals surface area (Å²) in [6.45, 7) is 7.16. The Kier molecular flexibility index (Phi) is 21.8. The van der Waals surface area contributed by atoms with Gasteiger partial charge in [-0.25, -0.2) is 0 Å². The number of anilines is 3. The second kappa shape index (κ2) is 29.8. The molecule has 0 aliphatic heterocycles. The van der Waals surface area contributed by atoms with Crippen molar-refractivity contribution in [3.05, 3.63) is 196 Å². The molecule has 0 aliphatic carbocycles. The third kappa shape index (κ3) is 14.7. The van der Waals surface area contributed by atoms with Crippen molar-refractivity contribution in [1.29, 1.82) is 0 Å². The van der Waals surface area contributed by atoms with E-state index >= 15 is 0 Å².